The lowest BCUT2D eigenvalue weighted by Gasteiger charge is -2.14. The van der Waals surface area contributed by atoms with Crippen LogP contribution in [0.25, 0.3) is 0 Å². The minimum absolute atomic E-state index is 0.0146. The van der Waals surface area contributed by atoms with Gasteiger partial charge in [-0.3, -0.25) is 4.79 Å². The van der Waals surface area contributed by atoms with Crippen LogP contribution in [0.5, 0.6) is 0 Å². The van der Waals surface area contributed by atoms with Crippen molar-refractivity contribution in [1.82, 2.24) is 5.32 Å². The summed E-state index contributed by atoms with van der Waals surface area (Å²) in [6, 6.07) is 5.28. The van der Waals surface area contributed by atoms with Crippen LogP contribution in [0.15, 0.2) is 18.2 Å². The maximum atomic E-state index is 12.2. The number of hydrogen-bond donors (Lipinski definition) is 1. The van der Waals surface area contributed by atoms with E-state index in [1.54, 1.807) is 12.1 Å². The van der Waals surface area contributed by atoms with E-state index in [4.69, 9.17) is 23.2 Å². The SMILES string of the molecule is O=C(Cc1ccc(Cl)cc1Cl)C1CCCCCN1. The molecule has 1 unspecified atom stereocenters. The van der Waals surface area contributed by atoms with E-state index < -0.39 is 0 Å². The molecule has 1 aliphatic rings. The van der Waals surface area contributed by atoms with Gasteiger partial charge >= 0.3 is 0 Å². The van der Waals surface area contributed by atoms with E-state index in [1.807, 2.05) is 6.07 Å². The van der Waals surface area contributed by atoms with Gasteiger partial charge in [-0.2, -0.15) is 0 Å². The number of carbonyl (C=O) groups is 1. The van der Waals surface area contributed by atoms with Gasteiger partial charge in [0.2, 0.25) is 0 Å². The van der Waals surface area contributed by atoms with Gasteiger partial charge in [0, 0.05) is 16.5 Å². The fourth-order valence-electron chi connectivity index (χ4n) is 2.28. The van der Waals surface area contributed by atoms with Crippen LogP contribution in [-0.4, -0.2) is 18.4 Å². The Bertz CT molecular complexity index is 426. The zero-order valence-corrected chi connectivity index (χ0v) is 11.7. The second-order valence-electron chi connectivity index (χ2n) is 4.73. The Morgan fingerprint density at radius 3 is 2.89 bits per heavy atom. The molecular formula is C14H17Cl2NO. The van der Waals surface area contributed by atoms with Crippen molar-refractivity contribution in [2.45, 2.75) is 38.1 Å². The number of ketones is 1. The topological polar surface area (TPSA) is 29.1 Å². The summed E-state index contributed by atoms with van der Waals surface area (Å²) in [5.41, 5.74) is 0.858. The Balaban J connectivity index is 2.01. The van der Waals surface area contributed by atoms with Gasteiger partial charge in [0.25, 0.3) is 0 Å². The first-order valence-corrected chi connectivity index (χ1v) is 7.12. The fourth-order valence-corrected chi connectivity index (χ4v) is 2.75. The molecule has 18 heavy (non-hydrogen) atoms. The highest BCUT2D eigenvalue weighted by Gasteiger charge is 2.20. The molecule has 1 N–H and O–H groups in total. The van der Waals surface area contributed by atoms with Crippen molar-refractivity contribution in [3.05, 3.63) is 33.8 Å². The van der Waals surface area contributed by atoms with Crippen molar-refractivity contribution >= 4 is 29.0 Å². The number of benzene rings is 1. The molecule has 1 atom stereocenters. The highest BCUT2D eigenvalue weighted by atomic mass is 35.5. The molecule has 1 aliphatic heterocycles. The van der Waals surface area contributed by atoms with Crippen LogP contribution >= 0.6 is 23.2 Å². The quantitative estimate of drug-likeness (QED) is 0.919. The maximum Gasteiger partial charge on any atom is 0.154 e. The van der Waals surface area contributed by atoms with Gasteiger partial charge < -0.3 is 5.32 Å². The van der Waals surface area contributed by atoms with E-state index in [0.717, 1.165) is 31.4 Å². The average Bonchev–Trinajstić information content (AvgIpc) is 2.61. The smallest absolute Gasteiger partial charge is 0.154 e. The molecule has 1 fully saturated rings. The number of rotatable bonds is 3. The van der Waals surface area contributed by atoms with Gasteiger partial charge in [0.1, 0.15) is 0 Å². The molecule has 0 amide bonds. The predicted octanol–water partition coefficient (Wildman–Crippen LogP) is 3.64. The monoisotopic (exact) mass is 285 g/mol. The second kappa shape index (κ2) is 6.55. The zero-order valence-electron chi connectivity index (χ0n) is 10.2. The van der Waals surface area contributed by atoms with E-state index in [1.165, 1.54) is 6.42 Å². The van der Waals surface area contributed by atoms with E-state index in [0.29, 0.717) is 16.5 Å². The molecule has 1 heterocycles. The van der Waals surface area contributed by atoms with E-state index >= 15 is 0 Å². The standard InChI is InChI=1S/C14H17Cl2NO/c15-11-6-5-10(12(16)9-11)8-14(18)13-4-2-1-3-7-17-13/h5-6,9,13,17H,1-4,7-8H2. The Morgan fingerprint density at radius 1 is 1.28 bits per heavy atom. The van der Waals surface area contributed by atoms with Crippen LogP contribution in [0.3, 0.4) is 0 Å². The number of halogens is 2. The summed E-state index contributed by atoms with van der Waals surface area (Å²) in [6.45, 7) is 0.935. The lowest BCUT2D eigenvalue weighted by molar-refractivity contribution is -0.120. The van der Waals surface area contributed by atoms with E-state index in [-0.39, 0.29) is 11.8 Å². The zero-order chi connectivity index (χ0) is 13.0. The first-order valence-electron chi connectivity index (χ1n) is 6.37. The average molecular weight is 286 g/mol. The molecule has 4 heteroatoms. The van der Waals surface area contributed by atoms with Crippen LogP contribution in [0, 0.1) is 0 Å². The van der Waals surface area contributed by atoms with Crippen LogP contribution in [0.4, 0.5) is 0 Å². The molecule has 1 saturated heterocycles. The Morgan fingerprint density at radius 2 is 2.11 bits per heavy atom. The van der Waals surface area contributed by atoms with Gasteiger partial charge in [0.15, 0.2) is 5.78 Å². The van der Waals surface area contributed by atoms with Gasteiger partial charge in [-0.05, 0) is 37.1 Å². The molecule has 1 aromatic rings. The van der Waals surface area contributed by atoms with Crippen molar-refractivity contribution in [3.63, 3.8) is 0 Å². The van der Waals surface area contributed by atoms with Crippen LogP contribution in [0.2, 0.25) is 10.0 Å². The van der Waals surface area contributed by atoms with Crippen molar-refractivity contribution in [3.8, 4) is 0 Å². The number of hydrogen-bond acceptors (Lipinski definition) is 2. The fraction of sp³-hybridized carbons (Fsp3) is 0.500. The third kappa shape index (κ3) is 3.71. The van der Waals surface area contributed by atoms with Crippen molar-refractivity contribution in [2.75, 3.05) is 6.54 Å². The first kappa shape index (κ1) is 13.9. The second-order valence-corrected chi connectivity index (χ2v) is 5.58. The molecule has 0 aliphatic carbocycles. The first-order chi connectivity index (χ1) is 8.66. The summed E-state index contributed by atoms with van der Waals surface area (Å²) < 4.78 is 0. The third-order valence-electron chi connectivity index (χ3n) is 3.33. The molecule has 1 aromatic carbocycles. The molecule has 98 valence electrons. The Labute approximate surface area is 118 Å². The highest BCUT2D eigenvalue weighted by molar-refractivity contribution is 6.35. The molecule has 0 aromatic heterocycles. The summed E-state index contributed by atoms with van der Waals surface area (Å²) in [5, 5.41) is 4.49. The highest BCUT2D eigenvalue weighted by Crippen LogP contribution is 2.22. The van der Waals surface area contributed by atoms with Gasteiger partial charge in [-0.15, -0.1) is 0 Å². The molecule has 0 saturated carbocycles. The molecule has 0 spiro atoms. The minimum Gasteiger partial charge on any atom is -0.307 e. The van der Waals surface area contributed by atoms with Crippen LogP contribution in [0.1, 0.15) is 31.2 Å². The maximum absolute atomic E-state index is 12.2. The van der Waals surface area contributed by atoms with Crippen LogP contribution < -0.4 is 5.32 Å². The van der Waals surface area contributed by atoms with Crippen molar-refractivity contribution < 1.29 is 4.79 Å². The third-order valence-corrected chi connectivity index (χ3v) is 3.92. The van der Waals surface area contributed by atoms with E-state index in [9.17, 15) is 4.79 Å². The molecule has 2 nitrogen and oxygen atoms in total. The Hall–Kier alpha value is -0.570. The number of carbonyl (C=O) groups excluding carboxylic acids is 1. The summed E-state index contributed by atoms with van der Waals surface area (Å²) >= 11 is 11.9. The molecule has 2 rings (SSSR count). The molecule has 0 radical (unpaired) electrons. The summed E-state index contributed by atoms with van der Waals surface area (Å²) in [7, 11) is 0. The Kier molecular flexibility index (Phi) is 5.04. The molecule has 0 bridgehead atoms. The summed E-state index contributed by atoms with van der Waals surface area (Å²) in [6.07, 6.45) is 4.80. The largest absolute Gasteiger partial charge is 0.307 e. The van der Waals surface area contributed by atoms with E-state index in [2.05, 4.69) is 5.32 Å². The van der Waals surface area contributed by atoms with Crippen molar-refractivity contribution in [2.24, 2.45) is 0 Å². The summed E-state index contributed by atoms with van der Waals surface area (Å²) in [4.78, 5) is 12.2. The number of nitrogens with one attached hydrogen (secondary N) is 1. The minimum atomic E-state index is -0.0146. The van der Waals surface area contributed by atoms with Gasteiger partial charge in [-0.25, -0.2) is 0 Å². The van der Waals surface area contributed by atoms with Gasteiger partial charge in [0.05, 0.1) is 6.04 Å². The normalized spacial score (nSPS) is 20.4. The summed E-state index contributed by atoms with van der Waals surface area (Å²) in [5.74, 6) is 0.223. The van der Waals surface area contributed by atoms with Crippen LogP contribution in [-0.2, 0) is 11.2 Å². The number of Topliss-reactive ketones (excluding diaryl/α,β-unsaturated/α-hetero) is 1. The van der Waals surface area contributed by atoms with Gasteiger partial charge in [-0.1, -0.05) is 42.1 Å². The van der Waals surface area contributed by atoms with Crippen molar-refractivity contribution in [1.29, 1.82) is 0 Å². The predicted molar refractivity (Wildman–Crippen MR) is 75.4 cm³/mol. The molecular weight excluding hydrogens is 269 g/mol. The lowest BCUT2D eigenvalue weighted by atomic mass is 10.0. The lowest BCUT2D eigenvalue weighted by Crippen LogP contribution is -2.37.